The maximum atomic E-state index is 12.1. The average molecular weight is 342 g/mol. The number of esters is 1. The van der Waals surface area contributed by atoms with Gasteiger partial charge in [-0.05, 0) is 31.2 Å². The Morgan fingerprint density at radius 3 is 2.40 bits per heavy atom. The number of anilines is 2. The van der Waals surface area contributed by atoms with E-state index in [0.717, 1.165) is 0 Å². The number of benzene rings is 2. The molecule has 0 bridgehead atoms. The fraction of sp³-hybridized carbons (Fsp3) is 0.167. The van der Waals surface area contributed by atoms with E-state index in [1.54, 1.807) is 43.3 Å². The normalized spacial score (nSPS) is 9.84. The molecule has 2 amide bonds. The van der Waals surface area contributed by atoms with Crippen LogP contribution in [0.5, 0.6) is 5.75 Å². The molecule has 2 aromatic carbocycles. The first-order valence-electron chi connectivity index (χ1n) is 7.57. The largest absolute Gasteiger partial charge is 0.497 e. The number of hydrogen-bond donors (Lipinski definition) is 2. The van der Waals surface area contributed by atoms with E-state index in [1.165, 1.54) is 19.2 Å². The van der Waals surface area contributed by atoms with Gasteiger partial charge in [-0.25, -0.2) is 4.79 Å². The lowest BCUT2D eigenvalue weighted by atomic mass is 10.2. The van der Waals surface area contributed by atoms with Gasteiger partial charge in [-0.2, -0.15) is 0 Å². The highest BCUT2D eigenvalue weighted by Crippen LogP contribution is 2.18. The Kier molecular flexibility index (Phi) is 6.11. The molecule has 0 unspecified atom stereocenters. The van der Waals surface area contributed by atoms with E-state index in [-0.39, 0.29) is 17.9 Å². The van der Waals surface area contributed by atoms with Gasteiger partial charge in [0, 0.05) is 11.8 Å². The van der Waals surface area contributed by atoms with Gasteiger partial charge in [-0.15, -0.1) is 0 Å². The molecule has 7 heteroatoms. The zero-order chi connectivity index (χ0) is 18.2. The van der Waals surface area contributed by atoms with E-state index >= 15 is 0 Å². The molecule has 0 atom stereocenters. The van der Waals surface area contributed by atoms with Crippen LogP contribution in [-0.2, 0) is 14.3 Å². The van der Waals surface area contributed by atoms with Crippen LogP contribution in [0.1, 0.15) is 17.3 Å². The van der Waals surface area contributed by atoms with Gasteiger partial charge in [0.05, 0.1) is 25.0 Å². The third-order valence-corrected chi connectivity index (χ3v) is 3.20. The molecule has 0 spiro atoms. The number of ether oxygens (including phenoxy) is 2. The van der Waals surface area contributed by atoms with Crippen molar-refractivity contribution in [1.29, 1.82) is 0 Å². The van der Waals surface area contributed by atoms with Gasteiger partial charge >= 0.3 is 17.8 Å². The number of para-hydroxylation sites is 1. The molecule has 0 heterocycles. The first-order chi connectivity index (χ1) is 12.0. The first-order valence-corrected chi connectivity index (χ1v) is 7.57. The number of nitrogens with one attached hydrogen (secondary N) is 2. The Hall–Kier alpha value is -3.35. The predicted octanol–water partition coefficient (Wildman–Crippen LogP) is 2.45. The highest BCUT2D eigenvalue weighted by atomic mass is 16.5. The van der Waals surface area contributed by atoms with Crippen molar-refractivity contribution < 1.29 is 23.9 Å². The number of rotatable bonds is 5. The van der Waals surface area contributed by atoms with Crippen molar-refractivity contribution in [2.75, 3.05) is 24.4 Å². The van der Waals surface area contributed by atoms with Gasteiger partial charge in [0.1, 0.15) is 5.75 Å². The quantitative estimate of drug-likeness (QED) is 0.643. The molecule has 0 fully saturated rings. The number of carbonyl (C=O) groups is 3. The lowest BCUT2D eigenvalue weighted by molar-refractivity contribution is -0.133. The van der Waals surface area contributed by atoms with Crippen LogP contribution in [0, 0.1) is 0 Å². The molecule has 0 saturated heterocycles. The highest BCUT2D eigenvalue weighted by molar-refractivity contribution is 6.44. The Balaban J connectivity index is 2.09. The SMILES string of the molecule is CCOC(=O)c1ccccc1NC(=O)C(=O)Nc1cccc(OC)c1. The summed E-state index contributed by atoms with van der Waals surface area (Å²) in [6.07, 6.45) is 0. The van der Waals surface area contributed by atoms with Gasteiger partial charge in [-0.1, -0.05) is 18.2 Å². The average Bonchev–Trinajstić information content (AvgIpc) is 2.62. The van der Waals surface area contributed by atoms with Crippen LogP contribution in [0.3, 0.4) is 0 Å². The summed E-state index contributed by atoms with van der Waals surface area (Å²) in [5.41, 5.74) is 0.789. The summed E-state index contributed by atoms with van der Waals surface area (Å²) >= 11 is 0. The first kappa shape index (κ1) is 18.0. The van der Waals surface area contributed by atoms with Crippen molar-refractivity contribution in [2.45, 2.75) is 6.92 Å². The minimum Gasteiger partial charge on any atom is -0.497 e. The predicted molar refractivity (Wildman–Crippen MR) is 92.7 cm³/mol. The second-order valence-electron chi connectivity index (χ2n) is 4.91. The Labute approximate surface area is 144 Å². The minimum absolute atomic E-state index is 0.173. The maximum absolute atomic E-state index is 12.1. The van der Waals surface area contributed by atoms with Crippen LogP contribution in [0.4, 0.5) is 11.4 Å². The molecule has 7 nitrogen and oxygen atoms in total. The van der Waals surface area contributed by atoms with E-state index in [4.69, 9.17) is 9.47 Å². The van der Waals surface area contributed by atoms with E-state index in [2.05, 4.69) is 10.6 Å². The van der Waals surface area contributed by atoms with Crippen molar-refractivity contribution in [3.63, 3.8) is 0 Å². The second kappa shape index (κ2) is 8.49. The minimum atomic E-state index is -0.903. The molecule has 0 saturated carbocycles. The van der Waals surface area contributed by atoms with Gasteiger partial charge in [0.15, 0.2) is 0 Å². The summed E-state index contributed by atoms with van der Waals surface area (Å²) in [4.78, 5) is 36.0. The van der Waals surface area contributed by atoms with Gasteiger partial charge < -0.3 is 20.1 Å². The zero-order valence-corrected chi connectivity index (χ0v) is 13.9. The Morgan fingerprint density at radius 1 is 0.960 bits per heavy atom. The lowest BCUT2D eigenvalue weighted by Crippen LogP contribution is -2.29. The summed E-state index contributed by atoms with van der Waals surface area (Å²) in [6.45, 7) is 1.89. The molecule has 130 valence electrons. The van der Waals surface area contributed by atoms with Crippen LogP contribution >= 0.6 is 0 Å². The van der Waals surface area contributed by atoms with Gasteiger partial charge in [0.25, 0.3) is 0 Å². The van der Waals surface area contributed by atoms with Gasteiger partial charge in [-0.3, -0.25) is 9.59 Å². The van der Waals surface area contributed by atoms with Crippen LogP contribution < -0.4 is 15.4 Å². The summed E-state index contributed by atoms with van der Waals surface area (Å²) in [5, 5.41) is 4.88. The molecule has 25 heavy (non-hydrogen) atoms. The van der Waals surface area contributed by atoms with Crippen molar-refractivity contribution in [2.24, 2.45) is 0 Å². The third-order valence-electron chi connectivity index (χ3n) is 3.20. The number of hydrogen-bond acceptors (Lipinski definition) is 5. The van der Waals surface area contributed by atoms with Crippen molar-refractivity contribution in [1.82, 2.24) is 0 Å². The van der Waals surface area contributed by atoms with Crippen molar-refractivity contribution in [3.8, 4) is 5.75 Å². The van der Waals surface area contributed by atoms with Gasteiger partial charge in [0.2, 0.25) is 0 Å². The van der Waals surface area contributed by atoms with E-state index in [9.17, 15) is 14.4 Å². The van der Waals surface area contributed by atoms with Crippen LogP contribution in [-0.4, -0.2) is 31.5 Å². The molecule has 2 N–H and O–H groups in total. The summed E-state index contributed by atoms with van der Waals surface area (Å²) in [6, 6.07) is 12.9. The summed E-state index contributed by atoms with van der Waals surface area (Å²) in [7, 11) is 1.50. The molecular weight excluding hydrogens is 324 g/mol. The summed E-state index contributed by atoms with van der Waals surface area (Å²) in [5.74, 6) is -1.80. The monoisotopic (exact) mass is 342 g/mol. The van der Waals surface area contributed by atoms with Crippen LogP contribution in [0.25, 0.3) is 0 Å². The van der Waals surface area contributed by atoms with E-state index in [0.29, 0.717) is 11.4 Å². The topological polar surface area (TPSA) is 93.7 Å². The third kappa shape index (κ3) is 4.81. The summed E-state index contributed by atoms with van der Waals surface area (Å²) < 4.78 is 9.98. The molecule has 2 aromatic rings. The highest BCUT2D eigenvalue weighted by Gasteiger charge is 2.18. The number of methoxy groups -OCH3 is 1. The zero-order valence-electron chi connectivity index (χ0n) is 13.9. The Morgan fingerprint density at radius 2 is 1.68 bits per heavy atom. The smallest absolute Gasteiger partial charge is 0.340 e. The molecular formula is C18H18N2O5. The molecule has 0 aliphatic rings. The number of amides is 2. The maximum Gasteiger partial charge on any atom is 0.340 e. The number of carbonyl (C=O) groups excluding carboxylic acids is 3. The fourth-order valence-electron chi connectivity index (χ4n) is 2.05. The van der Waals surface area contributed by atoms with Crippen LogP contribution in [0.15, 0.2) is 48.5 Å². The van der Waals surface area contributed by atoms with E-state index in [1.807, 2.05) is 0 Å². The van der Waals surface area contributed by atoms with E-state index < -0.39 is 17.8 Å². The molecule has 0 aliphatic carbocycles. The van der Waals surface area contributed by atoms with Crippen molar-refractivity contribution >= 4 is 29.2 Å². The molecule has 0 aliphatic heterocycles. The standard InChI is InChI=1S/C18H18N2O5/c1-3-25-18(23)14-9-4-5-10-15(14)20-17(22)16(21)19-12-7-6-8-13(11-12)24-2/h4-11H,3H2,1-2H3,(H,19,21)(H,20,22). The van der Waals surface area contributed by atoms with Crippen molar-refractivity contribution in [3.05, 3.63) is 54.1 Å². The molecule has 2 rings (SSSR count). The lowest BCUT2D eigenvalue weighted by Gasteiger charge is -2.10. The molecule has 0 radical (unpaired) electrons. The van der Waals surface area contributed by atoms with Crippen LogP contribution in [0.2, 0.25) is 0 Å². The fourth-order valence-corrected chi connectivity index (χ4v) is 2.05. The Bertz CT molecular complexity index is 789. The molecule has 0 aromatic heterocycles. The second-order valence-corrected chi connectivity index (χ2v) is 4.91.